The summed E-state index contributed by atoms with van der Waals surface area (Å²) in [5.74, 6) is -0.655. The molecule has 0 bridgehead atoms. The number of halogens is 1. The Morgan fingerprint density at radius 1 is 1.32 bits per heavy atom. The van der Waals surface area contributed by atoms with E-state index in [0.717, 1.165) is 12.8 Å². The molecule has 0 spiro atoms. The lowest BCUT2D eigenvalue weighted by Crippen LogP contribution is -2.47. The number of anilines is 1. The van der Waals surface area contributed by atoms with E-state index in [0.29, 0.717) is 18.7 Å². The predicted octanol–water partition coefficient (Wildman–Crippen LogP) is 1.98. The molecule has 102 valence electrons. The molecule has 19 heavy (non-hydrogen) atoms. The van der Waals surface area contributed by atoms with E-state index >= 15 is 0 Å². The highest BCUT2D eigenvalue weighted by Gasteiger charge is 2.28. The Hall–Kier alpha value is -2.11. The van der Waals surface area contributed by atoms with E-state index < -0.39 is 12.1 Å². The number of nitrogens with zero attached hydrogens (tertiary/aromatic N) is 1. The van der Waals surface area contributed by atoms with E-state index in [-0.39, 0.29) is 11.7 Å². The van der Waals surface area contributed by atoms with Crippen LogP contribution in [0.1, 0.15) is 19.3 Å². The van der Waals surface area contributed by atoms with Crippen LogP contribution in [0.15, 0.2) is 24.3 Å². The van der Waals surface area contributed by atoms with Gasteiger partial charge in [-0.2, -0.15) is 0 Å². The van der Waals surface area contributed by atoms with E-state index in [1.807, 2.05) is 0 Å². The van der Waals surface area contributed by atoms with Crippen LogP contribution < -0.4 is 10.2 Å². The SMILES string of the molecule is O=C(O)N[C@H]1CCCCN(c2ccc(F)cc2)C1=O. The first-order valence-electron chi connectivity index (χ1n) is 6.14. The number of carbonyl (C=O) groups excluding carboxylic acids is 1. The molecule has 0 unspecified atom stereocenters. The van der Waals surface area contributed by atoms with Crippen molar-refractivity contribution >= 4 is 17.7 Å². The molecular formula is C13H15FN2O3. The maximum absolute atomic E-state index is 12.9. The molecule has 1 fully saturated rings. The van der Waals surface area contributed by atoms with Crippen LogP contribution in [0.4, 0.5) is 14.9 Å². The summed E-state index contributed by atoms with van der Waals surface area (Å²) in [4.78, 5) is 24.5. The van der Waals surface area contributed by atoms with Gasteiger partial charge in [0.2, 0.25) is 5.91 Å². The van der Waals surface area contributed by atoms with Crippen LogP contribution >= 0.6 is 0 Å². The molecule has 1 aliphatic rings. The minimum absolute atomic E-state index is 0.286. The number of hydrogen-bond donors (Lipinski definition) is 2. The minimum Gasteiger partial charge on any atom is -0.465 e. The van der Waals surface area contributed by atoms with Crippen molar-refractivity contribution in [1.29, 1.82) is 0 Å². The standard InChI is InChI=1S/C13H15FN2O3/c14-9-4-6-10(7-5-9)16-8-2-1-3-11(12(16)17)15-13(18)19/h4-7,11,15H,1-3,8H2,(H,18,19)/t11-/m0/s1. The van der Waals surface area contributed by atoms with Crippen LogP contribution in [0.5, 0.6) is 0 Å². The zero-order valence-corrected chi connectivity index (χ0v) is 10.3. The van der Waals surface area contributed by atoms with Crippen molar-refractivity contribution in [3.8, 4) is 0 Å². The van der Waals surface area contributed by atoms with E-state index in [1.165, 1.54) is 29.2 Å². The number of hydrogen-bond acceptors (Lipinski definition) is 2. The fraction of sp³-hybridized carbons (Fsp3) is 0.385. The lowest BCUT2D eigenvalue weighted by molar-refractivity contribution is -0.120. The molecule has 1 aliphatic heterocycles. The zero-order valence-electron chi connectivity index (χ0n) is 10.3. The Morgan fingerprint density at radius 3 is 2.63 bits per heavy atom. The average molecular weight is 266 g/mol. The van der Waals surface area contributed by atoms with Crippen molar-refractivity contribution in [3.63, 3.8) is 0 Å². The van der Waals surface area contributed by atoms with Crippen molar-refractivity contribution in [2.24, 2.45) is 0 Å². The van der Waals surface area contributed by atoms with E-state index in [2.05, 4.69) is 5.32 Å². The summed E-state index contributed by atoms with van der Waals surface area (Å²) in [6.45, 7) is 0.516. The van der Waals surface area contributed by atoms with Gasteiger partial charge in [-0.3, -0.25) is 4.79 Å². The Morgan fingerprint density at radius 2 is 2.00 bits per heavy atom. The smallest absolute Gasteiger partial charge is 0.405 e. The summed E-state index contributed by atoms with van der Waals surface area (Å²) in [5, 5.41) is 11.0. The van der Waals surface area contributed by atoms with Crippen LogP contribution in [0.25, 0.3) is 0 Å². The second-order valence-corrected chi connectivity index (χ2v) is 4.46. The van der Waals surface area contributed by atoms with Crippen molar-refractivity contribution in [3.05, 3.63) is 30.1 Å². The molecule has 0 radical (unpaired) electrons. The fourth-order valence-corrected chi connectivity index (χ4v) is 2.20. The number of benzene rings is 1. The number of amides is 2. The van der Waals surface area contributed by atoms with Crippen molar-refractivity contribution in [1.82, 2.24) is 5.32 Å². The van der Waals surface area contributed by atoms with Gasteiger partial charge in [0, 0.05) is 12.2 Å². The third kappa shape index (κ3) is 3.21. The van der Waals surface area contributed by atoms with Gasteiger partial charge < -0.3 is 15.3 Å². The molecule has 1 aromatic carbocycles. The number of nitrogens with one attached hydrogen (secondary N) is 1. The fourth-order valence-electron chi connectivity index (χ4n) is 2.20. The number of carbonyl (C=O) groups is 2. The lowest BCUT2D eigenvalue weighted by atomic mass is 10.1. The zero-order chi connectivity index (χ0) is 13.8. The third-order valence-electron chi connectivity index (χ3n) is 3.12. The minimum atomic E-state index is -1.21. The van der Waals surface area contributed by atoms with Gasteiger partial charge in [-0.25, -0.2) is 9.18 Å². The van der Waals surface area contributed by atoms with Gasteiger partial charge in [0.15, 0.2) is 0 Å². The molecule has 1 aromatic rings. The van der Waals surface area contributed by atoms with Crippen molar-refractivity contribution < 1.29 is 19.1 Å². The molecule has 2 amide bonds. The Bertz CT molecular complexity index is 475. The summed E-state index contributed by atoms with van der Waals surface area (Å²) < 4.78 is 12.9. The van der Waals surface area contributed by atoms with Gasteiger partial charge in [-0.05, 0) is 43.5 Å². The first-order valence-corrected chi connectivity index (χ1v) is 6.14. The van der Waals surface area contributed by atoms with Gasteiger partial charge in [0.05, 0.1) is 0 Å². The molecule has 2 N–H and O–H groups in total. The monoisotopic (exact) mass is 266 g/mol. The Labute approximate surface area is 110 Å². The molecule has 0 saturated carbocycles. The highest BCUT2D eigenvalue weighted by molar-refractivity contribution is 5.98. The average Bonchev–Trinajstić information content (AvgIpc) is 2.54. The van der Waals surface area contributed by atoms with Crippen LogP contribution in [-0.4, -0.2) is 29.7 Å². The molecule has 1 atom stereocenters. The molecule has 6 heteroatoms. The summed E-state index contributed by atoms with van der Waals surface area (Å²) in [6, 6.07) is 4.89. The van der Waals surface area contributed by atoms with E-state index in [1.54, 1.807) is 0 Å². The van der Waals surface area contributed by atoms with Crippen molar-refractivity contribution in [2.45, 2.75) is 25.3 Å². The first kappa shape index (κ1) is 13.3. The third-order valence-corrected chi connectivity index (χ3v) is 3.12. The predicted molar refractivity (Wildman–Crippen MR) is 67.6 cm³/mol. The summed E-state index contributed by atoms with van der Waals surface area (Å²) in [7, 11) is 0. The largest absolute Gasteiger partial charge is 0.465 e. The molecular weight excluding hydrogens is 251 g/mol. The highest BCUT2D eigenvalue weighted by Crippen LogP contribution is 2.21. The topological polar surface area (TPSA) is 69.6 Å². The van der Waals surface area contributed by atoms with Gasteiger partial charge in [0.25, 0.3) is 0 Å². The molecule has 0 aromatic heterocycles. The maximum Gasteiger partial charge on any atom is 0.405 e. The van der Waals surface area contributed by atoms with Crippen LogP contribution in [0.2, 0.25) is 0 Å². The molecule has 5 nitrogen and oxygen atoms in total. The van der Waals surface area contributed by atoms with Gasteiger partial charge in [0.1, 0.15) is 11.9 Å². The summed E-state index contributed by atoms with van der Waals surface area (Å²) in [5.41, 5.74) is 0.588. The van der Waals surface area contributed by atoms with Crippen molar-refractivity contribution in [2.75, 3.05) is 11.4 Å². The van der Waals surface area contributed by atoms with Gasteiger partial charge >= 0.3 is 6.09 Å². The van der Waals surface area contributed by atoms with E-state index in [4.69, 9.17) is 5.11 Å². The Kier molecular flexibility index (Phi) is 3.99. The molecule has 2 rings (SSSR count). The molecule has 1 heterocycles. The molecule has 1 saturated heterocycles. The van der Waals surface area contributed by atoms with Crippen LogP contribution in [0, 0.1) is 5.82 Å². The second-order valence-electron chi connectivity index (χ2n) is 4.46. The quantitative estimate of drug-likeness (QED) is 0.860. The van der Waals surface area contributed by atoms with Crippen LogP contribution in [-0.2, 0) is 4.79 Å². The van der Waals surface area contributed by atoms with E-state index in [9.17, 15) is 14.0 Å². The second kappa shape index (κ2) is 5.69. The number of carboxylic acid groups (broad SMARTS) is 1. The normalized spacial score (nSPS) is 19.9. The number of rotatable bonds is 2. The summed E-state index contributed by atoms with van der Waals surface area (Å²) >= 11 is 0. The summed E-state index contributed by atoms with van der Waals surface area (Å²) in [6.07, 6.45) is 0.845. The maximum atomic E-state index is 12.9. The van der Waals surface area contributed by atoms with Crippen LogP contribution in [0.3, 0.4) is 0 Å². The lowest BCUT2D eigenvalue weighted by Gasteiger charge is -2.24. The van der Waals surface area contributed by atoms with Gasteiger partial charge in [-0.1, -0.05) is 0 Å². The van der Waals surface area contributed by atoms with Gasteiger partial charge in [-0.15, -0.1) is 0 Å². The first-order chi connectivity index (χ1) is 9.08. The molecule has 0 aliphatic carbocycles. The Balaban J connectivity index is 2.20. The highest BCUT2D eigenvalue weighted by atomic mass is 19.1.